The van der Waals surface area contributed by atoms with Crippen molar-refractivity contribution in [3.8, 4) is 0 Å². The lowest BCUT2D eigenvalue weighted by atomic mass is 9.72. The monoisotopic (exact) mass is 199 g/mol. The normalized spacial score (nSPS) is 18.1. The lowest BCUT2D eigenvalue weighted by molar-refractivity contribution is -0.0103. The summed E-state index contributed by atoms with van der Waals surface area (Å²) >= 11 is 0. The van der Waals surface area contributed by atoms with Crippen LogP contribution in [0.25, 0.3) is 0 Å². The Labute approximate surface area is 88.2 Å². The molecule has 0 aliphatic heterocycles. The molecule has 0 aromatic rings. The fourth-order valence-corrected chi connectivity index (χ4v) is 1.44. The van der Waals surface area contributed by atoms with Gasteiger partial charge in [-0.1, -0.05) is 26.8 Å². The van der Waals surface area contributed by atoms with Gasteiger partial charge in [-0.2, -0.15) is 0 Å². The van der Waals surface area contributed by atoms with Gasteiger partial charge in [-0.25, -0.2) is 0 Å². The van der Waals surface area contributed by atoms with Crippen LogP contribution in [-0.4, -0.2) is 17.3 Å². The molecule has 0 fully saturated rings. The molecule has 0 saturated carbocycles. The molecule has 3 N–H and O–H groups in total. The minimum atomic E-state index is -0.739. The predicted molar refractivity (Wildman–Crippen MR) is 62.1 cm³/mol. The summed E-state index contributed by atoms with van der Waals surface area (Å²) in [5, 5.41) is 10.4. The summed E-state index contributed by atoms with van der Waals surface area (Å²) < 4.78 is 0. The molecule has 0 saturated heterocycles. The van der Waals surface area contributed by atoms with Gasteiger partial charge in [-0.15, -0.1) is 0 Å². The largest absolute Gasteiger partial charge is 0.385 e. The van der Waals surface area contributed by atoms with Crippen LogP contribution in [0, 0.1) is 5.41 Å². The van der Waals surface area contributed by atoms with Crippen molar-refractivity contribution >= 4 is 0 Å². The van der Waals surface area contributed by atoms with E-state index in [1.54, 1.807) is 0 Å². The average molecular weight is 199 g/mol. The molecule has 0 unspecified atom stereocenters. The van der Waals surface area contributed by atoms with Crippen LogP contribution in [-0.2, 0) is 0 Å². The van der Waals surface area contributed by atoms with Crippen molar-refractivity contribution < 1.29 is 5.11 Å². The summed E-state index contributed by atoms with van der Waals surface area (Å²) in [5.41, 5.74) is 5.69. The van der Waals surface area contributed by atoms with Gasteiger partial charge in [0.25, 0.3) is 0 Å². The molecule has 0 aromatic carbocycles. The maximum Gasteiger partial charge on any atom is 0.0876 e. The van der Waals surface area contributed by atoms with E-state index in [1.165, 1.54) is 0 Å². The van der Waals surface area contributed by atoms with Crippen LogP contribution in [0.3, 0.4) is 0 Å². The first kappa shape index (κ1) is 13.7. The second-order valence-corrected chi connectivity index (χ2v) is 5.03. The molecule has 14 heavy (non-hydrogen) atoms. The first-order valence-corrected chi connectivity index (χ1v) is 5.35. The summed E-state index contributed by atoms with van der Waals surface area (Å²) in [5.74, 6) is 0. The molecule has 1 atom stereocenters. The van der Waals surface area contributed by atoms with Crippen molar-refractivity contribution in [3.63, 3.8) is 0 Å². The predicted octanol–water partition coefficient (Wildman–Crippen LogP) is 2.47. The highest BCUT2D eigenvalue weighted by molar-refractivity contribution is 5.18. The molecular formula is C12H25NO. The van der Waals surface area contributed by atoms with Gasteiger partial charge in [-0.3, -0.25) is 0 Å². The maximum absolute atomic E-state index is 10.4. The van der Waals surface area contributed by atoms with Gasteiger partial charge in [0, 0.05) is 0 Å². The van der Waals surface area contributed by atoms with Gasteiger partial charge in [-0.05, 0) is 44.2 Å². The number of aliphatic hydroxyl groups is 1. The molecule has 0 bridgehead atoms. The smallest absolute Gasteiger partial charge is 0.0876 e. The second kappa shape index (κ2) is 4.94. The standard InChI is InChI=1S/C12H25NO/c1-6-10(8-7-9-13)12(5,14)11(2,3)4/h6,14H,7-9,13H2,1-5H3/b10-6+/t12-/m1/s1. The molecule has 0 heterocycles. The Morgan fingerprint density at radius 3 is 2.07 bits per heavy atom. The van der Waals surface area contributed by atoms with Crippen molar-refractivity contribution in [2.24, 2.45) is 11.1 Å². The zero-order chi connectivity index (χ0) is 11.4. The summed E-state index contributed by atoms with van der Waals surface area (Å²) in [6, 6.07) is 0. The summed E-state index contributed by atoms with van der Waals surface area (Å²) in [6.07, 6.45) is 3.84. The van der Waals surface area contributed by atoms with Crippen LogP contribution in [0.2, 0.25) is 0 Å². The first-order valence-electron chi connectivity index (χ1n) is 5.35. The molecule has 0 spiro atoms. The van der Waals surface area contributed by atoms with Crippen LogP contribution in [0.1, 0.15) is 47.5 Å². The van der Waals surface area contributed by atoms with Crippen LogP contribution in [0.4, 0.5) is 0 Å². The molecule has 0 aromatic heterocycles. The van der Waals surface area contributed by atoms with E-state index < -0.39 is 5.60 Å². The SMILES string of the molecule is C/C=C(\CCCN)[C@@](C)(O)C(C)(C)C. The fraction of sp³-hybridized carbons (Fsp3) is 0.833. The van der Waals surface area contributed by atoms with E-state index >= 15 is 0 Å². The van der Waals surface area contributed by atoms with Gasteiger partial charge >= 0.3 is 0 Å². The van der Waals surface area contributed by atoms with Crippen molar-refractivity contribution in [3.05, 3.63) is 11.6 Å². The highest BCUT2D eigenvalue weighted by Gasteiger charge is 2.37. The highest BCUT2D eigenvalue weighted by Crippen LogP contribution is 2.37. The van der Waals surface area contributed by atoms with Crippen molar-refractivity contribution in [2.45, 2.75) is 53.1 Å². The zero-order valence-corrected chi connectivity index (χ0v) is 10.2. The molecule has 0 aliphatic carbocycles. The van der Waals surface area contributed by atoms with Gasteiger partial charge in [0.2, 0.25) is 0 Å². The Balaban J connectivity index is 4.68. The topological polar surface area (TPSA) is 46.2 Å². The molecular weight excluding hydrogens is 174 g/mol. The first-order chi connectivity index (χ1) is 6.27. The minimum Gasteiger partial charge on any atom is -0.385 e. The summed E-state index contributed by atoms with van der Waals surface area (Å²) in [6.45, 7) is 10.7. The average Bonchev–Trinajstić information content (AvgIpc) is 2.03. The lowest BCUT2D eigenvalue weighted by Gasteiger charge is -2.39. The van der Waals surface area contributed by atoms with Crippen molar-refractivity contribution in [1.29, 1.82) is 0 Å². The van der Waals surface area contributed by atoms with Crippen molar-refractivity contribution in [2.75, 3.05) is 6.54 Å². The van der Waals surface area contributed by atoms with Gasteiger partial charge in [0.05, 0.1) is 5.60 Å². The van der Waals surface area contributed by atoms with Crippen LogP contribution in [0.15, 0.2) is 11.6 Å². The molecule has 84 valence electrons. The fourth-order valence-electron chi connectivity index (χ4n) is 1.44. The van der Waals surface area contributed by atoms with Crippen LogP contribution < -0.4 is 5.73 Å². The van der Waals surface area contributed by atoms with Gasteiger partial charge in [0.15, 0.2) is 0 Å². The molecule has 2 nitrogen and oxygen atoms in total. The van der Waals surface area contributed by atoms with E-state index in [-0.39, 0.29) is 5.41 Å². The summed E-state index contributed by atoms with van der Waals surface area (Å²) in [7, 11) is 0. The van der Waals surface area contributed by atoms with E-state index in [0.29, 0.717) is 6.54 Å². The lowest BCUT2D eigenvalue weighted by Crippen LogP contribution is -2.41. The van der Waals surface area contributed by atoms with Gasteiger partial charge < -0.3 is 10.8 Å². The zero-order valence-electron chi connectivity index (χ0n) is 10.2. The van der Waals surface area contributed by atoms with E-state index in [2.05, 4.69) is 20.8 Å². The van der Waals surface area contributed by atoms with E-state index in [1.807, 2.05) is 19.9 Å². The second-order valence-electron chi connectivity index (χ2n) is 5.03. The number of nitrogens with two attached hydrogens (primary N) is 1. The van der Waals surface area contributed by atoms with Crippen LogP contribution >= 0.6 is 0 Å². The van der Waals surface area contributed by atoms with Crippen LogP contribution in [0.5, 0.6) is 0 Å². The third-order valence-corrected chi connectivity index (χ3v) is 3.08. The van der Waals surface area contributed by atoms with E-state index in [9.17, 15) is 5.11 Å². The number of hydrogen-bond acceptors (Lipinski definition) is 2. The molecule has 0 radical (unpaired) electrons. The number of allylic oxidation sites excluding steroid dienone is 1. The van der Waals surface area contributed by atoms with Gasteiger partial charge in [0.1, 0.15) is 0 Å². The minimum absolute atomic E-state index is 0.135. The highest BCUT2D eigenvalue weighted by atomic mass is 16.3. The number of hydrogen-bond donors (Lipinski definition) is 2. The Kier molecular flexibility index (Phi) is 4.82. The summed E-state index contributed by atoms with van der Waals surface area (Å²) in [4.78, 5) is 0. The Morgan fingerprint density at radius 1 is 1.29 bits per heavy atom. The Morgan fingerprint density at radius 2 is 1.79 bits per heavy atom. The van der Waals surface area contributed by atoms with E-state index in [0.717, 1.165) is 18.4 Å². The van der Waals surface area contributed by atoms with Crippen molar-refractivity contribution in [1.82, 2.24) is 0 Å². The Bertz CT molecular complexity index is 199. The molecule has 0 amide bonds. The quantitative estimate of drug-likeness (QED) is 0.683. The third kappa shape index (κ3) is 3.10. The van der Waals surface area contributed by atoms with E-state index in [4.69, 9.17) is 5.73 Å². The number of rotatable bonds is 4. The molecule has 0 rings (SSSR count). The maximum atomic E-state index is 10.4. The molecule has 2 heteroatoms. The Hall–Kier alpha value is -0.340. The third-order valence-electron chi connectivity index (χ3n) is 3.08. The molecule has 0 aliphatic rings.